The van der Waals surface area contributed by atoms with Crippen molar-refractivity contribution in [1.29, 1.82) is 5.41 Å². The summed E-state index contributed by atoms with van der Waals surface area (Å²) < 4.78 is 29.0. The Balaban J connectivity index is 1.30. The molecule has 38 heavy (non-hydrogen) atoms. The highest BCUT2D eigenvalue weighted by atomic mass is 32.2. The molecule has 0 saturated heterocycles. The van der Waals surface area contributed by atoms with Gasteiger partial charge in [-0.05, 0) is 59.7 Å². The first-order chi connectivity index (χ1) is 18.4. The molecule has 10 heteroatoms. The number of nitrogens with zero attached hydrogens (tertiary/aromatic N) is 2. The van der Waals surface area contributed by atoms with E-state index in [0.717, 1.165) is 32.8 Å². The number of nitrogen functional groups attached to an aromatic ring is 1. The quantitative estimate of drug-likeness (QED) is 0.148. The normalized spacial score (nSPS) is 12.8. The molecule has 1 atom stereocenters. The van der Waals surface area contributed by atoms with Gasteiger partial charge in [0.1, 0.15) is 17.5 Å². The van der Waals surface area contributed by atoms with E-state index < -0.39 is 10.0 Å². The van der Waals surface area contributed by atoms with Crippen LogP contribution >= 0.6 is 0 Å². The number of fused-ring (bicyclic) bond motifs is 3. The number of H-pyrrole nitrogens is 2. The number of nitrogens with two attached hydrogens (primary N) is 1. The number of sulfonamides is 1. The van der Waals surface area contributed by atoms with Crippen LogP contribution in [0.25, 0.3) is 32.8 Å². The van der Waals surface area contributed by atoms with Crippen LogP contribution in [0.5, 0.6) is 0 Å². The van der Waals surface area contributed by atoms with Crippen LogP contribution in [0.4, 0.5) is 0 Å². The molecule has 0 spiro atoms. The summed E-state index contributed by atoms with van der Waals surface area (Å²) in [6, 6.07) is 25.8. The highest BCUT2D eigenvalue weighted by Gasteiger charge is 2.23. The third-order valence-electron chi connectivity index (χ3n) is 6.64. The van der Waals surface area contributed by atoms with Crippen molar-refractivity contribution < 1.29 is 8.42 Å². The van der Waals surface area contributed by atoms with Crippen molar-refractivity contribution in [3.63, 3.8) is 0 Å². The zero-order valence-corrected chi connectivity index (χ0v) is 21.1. The van der Waals surface area contributed by atoms with E-state index in [-0.39, 0.29) is 23.2 Å². The van der Waals surface area contributed by atoms with Gasteiger partial charge in [0.15, 0.2) is 0 Å². The topological polar surface area (TPSA) is 153 Å². The fraction of sp³-hybridized carbons (Fsp3) is 0.107. The maximum absolute atomic E-state index is 13.1. The van der Waals surface area contributed by atoms with E-state index in [1.165, 1.54) is 0 Å². The number of imidazole rings is 2. The van der Waals surface area contributed by atoms with Crippen LogP contribution in [-0.2, 0) is 10.0 Å². The molecule has 9 nitrogen and oxygen atoms in total. The first kappa shape index (κ1) is 23.8. The van der Waals surface area contributed by atoms with Gasteiger partial charge in [0.25, 0.3) is 0 Å². The molecule has 0 aliphatic rings. The molecule has 0 bridgehead atoms. The molecule has 0 aliphatic carbocycles. The Morgan fingerprint density at radius 3 is 2.29 bits per heavy atom. The highest BCUT2D eigenvalue weighted by molar-refractivity contribution is 7.89. The number of rotatable bonds is 8. The molecule has 0 aliphatic heterocycles. The Kier molecular flexibility index (Phi) is 5.90. The van der Waals surface area contributed by atoms with E-state index in [0.29, 0.717) is 23.6 Å². The zero-order chi connectivity index (χ0) is 26.3. The summed E-state index contributed by atoms with van der Waals surface area (Å²) in [5.74, 6) is 0.960. The second-order valence-electron chi connectivity index (χ2n) is 9.15. The van der Waals surface area contributed by atoms with Crippen molar-refractivity contribution >= 4 is 48.7 Å². The summed E-state index contributed by atoms with van der Waals surface area (Å²) in [7, 11) is -3.72. The SMILES string of the molecule is N=C(N)c1ccc2nc(C(CCNS(=O)(=O)c3ccc4ccccc4c3)c3nc4ccccc4[nH]3)[nH]c2c1. The second-order valence-corrected chi connectivity index (χ2v) is 10.9. The molecule has 6 N–H and O–H groups in total. The number of amidine groups is 1. The highest BCUT2D eigenvalue weighted by Crippen LogP contribution is 2.28. The van der Waals surface area contributed by atoms with Gasteiger partial charge >= 0.3 is 0 Å². The molecular weight excluding hydrogens is 498 g/mol. The van der Waals surface area contributed by atoms with Crippen LogP contribution in [-0.4, -0.2) is 40.7 Å². The summed E-state index contributed by atoms with van der Waals surface area (Å²) in [5, 5.41) is 9.57. The van der Waals surface area contributed by atoms with Crippen LogP contribution in [0.3, 0.4) is 0 Å². The molecule has 0 saturated carbocycles. The minimum absolute atomic E-state index is 0.0278. The fourth-order valence-electron chi connectivity index (χ4n) is 4.66. The van der Waals surface area contributed by atoms with Gasteiger partial charge in [0, 0.05) is 12.1 Å². The van der Waals surface area contributed by atoms with Crippen LogP contribution in [0, 0.1) is 5.41 Å². The first-order valence-electron chi connectivity index (χ1n) is 12.1. The standard InChI is InChI=1S/C28H25N7O2S/c29-26(30)19-10-12-24-25(16-19)35-28(34-24)21(27-32-22-7-3-4-8-23(22)33-27)13-14-31-38(36,37)20-11-9-17-5-1-2-6-18(17)15-20/h1-12,15-16,21,31H,13-14H2,(H3,29,30)(H,32,33)(H,34,35). The van der Waals surface area contributed by atoms with Gasteiger partial charge < -0.3 is 15.7 Å². The number of para-hydroxylation sites is 2. The molecule has 2 heterocycles. The number of hydrogen-bond donors (Lipinski definition) is 5. The number of aromatic nitrogens is 4. The largest absolute Gasteiger partial charge is 0.384 e. The van der Waals surface area contributed by atoms with E-state index in [1.54, 1.807) is 24.3 Å². The van der Waals surface area contributed by atoms with Crippen molar-refractivity contribution in [3.05, 3.63) is 102 Å². The average molecular weight is 524 g/mol. The lowest BCUT2D eigenvalue weighted by Crippen LogP contribution is -2.26. The number of aromatic amines is 2. The van der Waals surface area contributed by atoms with Crippen molar-refractivity contribution in [3.8, 4) is 0 Å². The summed E-state index contributed by atoms with van der Waals surface area (Å²) >= 11 is 0. The van der Waals surface area contributed by atoms with Crippen LogP contribution < -0.4 is 10.5 Å². The Hall–Kier alpha value is -4.54. The molecule has 2 aromatic heterocycles. The van der Waals surface area contributed by atoms with Crippen molar-refractivity contribution in [2.45, 2.75) is 17.2 Å². The summed E-state index contributed by atoms with van der Waals surface area (Å²) in [5.41, 5.74) is 9.43. The van der Waals surface area contributed by atoms with Gasteiger partial charge in [-0.3, -0.25) is 5.41 Å². The van der Waals surface area contributed by atoms with Crippen LogP contribution in [0.2, 0.25) is 0 Å². The minimum Gasteiger partial charge on any atom is -0.384 e. The maximum Gasteiger partial charge on any atom is 0.240 e. The van der Waals surface area contributed by atoms with E-state index >= 15 is 0 Å². The summed E-state index contributed by atoms with van der Waals surface area (Å²) in [4.78, 5) is 16.4. The van der Waals surface area contributed by atoms with E-state index in [9.17, 15) is 8.42 Å². The third kappa shape index (κ3) is 4.51. The molecule has 190 valence electrons. The number of nitrogens with one attached hydrogen (secondary N) is 4. The molecule has 6 rings (SSSR count). The van der Waals surface area contributed by atoms with Gasteiger partial charge in [0.05, 0.1) is 32.9 Å². The van der Waals surface area contributed by atoms with Gasteiger partial charge in [-0.2, -0.15) is 0 Å². The number of benzene rings is 4. The lowest BCUT2D eigenvalue weighted by atomic mass is 10.0. The monoisotopic (exact) mass is 523 g/mol. The van der Waals surface area contributed by atoms with Gasteiger partial charge in [0.2, 0.25) is 10.0 Å². The van der Waals surface area contributed by atoms with Gasteiger partial charge in [-0.25, -0.2) is 23.1 Å². The molecule has 0 amide bonds. The Morgan fingerprint density at radius 1 is 0.842 bits per heavy atom. The lowest BCUT2D eigenvalue weighted by Gasteiger charge is -2.13. The molecule has 0 radical (unpaired) electrons. The molecule has 4 aromatic carbocycles. The number of hydrogen-bond acceptors (Lipinski definition) is 5. The molecule has 1 unspecified atom stereocenters. The van der Waals surface area contributed by atoms with Gasteiger partial charge in [-0.15, -0.1) is 0 Å². The van der Waals surface area contributed by atoms with E-state index in [4.69, 9.17) is 21.1 Å². The van der Waals surface area contributed by atoms with Crippen LogP contribution in [0.15, 0.2) is 89.8 Å². The maximum atomic E-state index is 13.1. The summed E-state index contributed by atoms with van der Waals surface area (Å²) in [6.45, 7) is 0.173. The van der Waals surface area contributed by atoms with Crippen molar-refractivity contribution in [2.75, 3.05) is 6.54 Å². The second kappa shape index (κ2) is 9.40. The molecule has 0 fully saturated rings. The predicted molar refractivity (Wildman–Crippen MR) is 149 cm³/mol. The predicted octanol–water partition coefficient (Wildman–Crippen LogP) is 4.38. The van der Waals surface area contributed by atoms with E-state index in [1.807, 2.05) is 60.7 Å². The Labute approximate surface area is 218 Å². The Morgan fingerprint density at radius 2 is 1.53 bits per heavy atom. The van der Waals surface area contributed by atoms with Crippen LogP contribution in [0.1, 0.15) is 29.6 Å². The Bertz CT molecular complexity index is 1890. The van der Waals surface area contributed by atoms with Crippen molar-refractivity contribution in [1.82, 2.24) is 24.7 Å². The first-order valence-corrected chi connectivity index (χ1v) is 13.6. The average Bonchev–Trinajstić information content (AvgIpc) is 3.54. The van der Waals surface area contributed by atoms with Gasteiger partial charge in [-0.1, -0.05) is 42.5 Å². The van der Waals surface area contributed by atoms with E-state index in [2.05, 4.69) is 14.7 Å². The lowest BCUT2D eigenvalue weighted by molar-refractivity contribution is 0.570. The zero-order valence-electron chi connectivity index (χ0n) is 20.3. The third-order valence-corrected chi connectivity index (χ3v) is 8.09. The molecule has 6 aromatic rings. The minimum atomic E-state index is -3.72. The summed E-state index contributed by atoms with van der Waals surface area (Å²) in [6.07, 6.45) is 0.409. The molecular formula is C28H25N7O2S. The fourth-order valence-corrected chi connectivity index (χ4v) is 5.74. The smallest absolute Gasteiger partial charge is 0.240 e. The van der Waals surface area contributed by atoms with Crippen molar-refractivity contribution in [2.24, 2.45) is 5.73 Å².